The molecule has 0 saturated carbocycles. The molecular weight excluding hydrogens is 343 g/mol. The zero-order valence-corrected chi connectivity index (χ0v) is 12.5. The standard InChI is InChI=1S/C14H12BrFN2O3/c15-11-8(16)4-7(13(17)19)12-10(11)6-2-1-5(14(20)21)3-9(6)18-12/h4-5,18H,1-3H2,(H2,17,19)(H,20,21). The number of nitrogens with one attached hydrogen (secondary N) is 1. The molecule has 0 saturated heterocycles. The number of primary amides is 1. The Morgan fingerprint density at radius 3 is 2.81 bits per heavy atom. The summed E-state index contributed by atoms with van der Waals surface area (Å²) >= 11 is 3.20. The molecule has 1 aromatic carbocycles. The Kier molecular flexibility index (Phi) is 3.24. The monoisotopic (exact) mass is 354 g/mol. The molecule has 5 nitrogen and oxygen atoms in total. The number of carboxylic acid groups (broad SMARTS) is 1. The number of hydrogen-bond donors (Lipinski definition) is 3. The van der Waals surface area contributed by atoms with Gasteiger partial charge in [-0.05, 0) is 40.4 Å². The maximum absolute atomic E-state index is 14.0. The molecule has 0 bridgehead atoms. The van der Waals surface area contributed by atoms with Gasteiger partial charge in [0.1, 0.15) is 5.82 Å². The number of aromatic amines is 1. The number of carbonyl (C=O) groups excluding carboxylic acids is 1. The molecule has 4 N–H and O–H groups in total. The molecule has 3 rings (SSSR count). The summed E-state index contributed by atoms with van der Waals surface area (Å²) in [5, 5.41) is 9.71. The predicted octanol–water partition coefficient (Wildman–Crippen LogP) is 2.36. The topological polar surface area (TPSA) is 96.2 Å². The summed E-state index contributed by atoms with van der Waals surface area (Å²) in [5.41, 5.74) is 7.43. The maximum atomic E-state index is 14.0. The number of benzene rings is 1. The van der Waals surface area contributed by atoms with Gasteiger partial charge >= 0.3 is 5.97 Å². The van der Waals surface area contributed by atoms with Gasteiger partial charge in [-0.1, -0.05) is 0 Å². The van der Waals surface area contributed by atoms with Crippen molar-refractivity contribution >= 4 is 38.7 Å². The highest BCUT2D eigenvalue weighted by molar-refractivity contribution is 9.10. The summed E-state index contributed by atoms with van der Waals surface area (Å²) in [6.45, 7) is 0. The van der Waals surface area contributed by atoms with Crippen molar-refractivity contribution in [3.8, 4) is 0 Å². The summed E-state index contributed by atoms with van der Waals surface area (Å²) in [5.74, 6) is -2.59. The van der Waals surface area contributed by atoms with E-state index in [1.54, 1.807) is 0 Å². The summed E-state index contributed by atoms with van der Waals surface area (Å²) in [4.78, 5) is 25.7. The third kappa shape index (κ3) is 2.12. The van der Waals surface area contributed by atoms with E-state index >= 15 is 0 Å². The van der Waals surface area contributed by atoms with Crippen LogP contribution in [0.4, 0.5) is 4.39 Å². The smallest absolute Gasteiger partial charge is 0.306 e. The normalized spacial score (nSPS) is 17.7. The van der Waals surface area contributed by atoms with Crippen LogP contribution in [0.15, 0.2) is 10.5 Å². The first-order valence-electron chi connectivity index (χ1n) is 6.44. The second-order valence-electron chi connectivity index (χ2n) is 5.19. The van der Waals surface area contributed by atoms with E-state index in [4.69, 9.17) is 10.8 Å². The molecule has 1 aliphatic carbocycles. The molecule has 1 aromatic heterocycles. The van der Waals surface area contributed by atoms with Gasteiger partial charge in [-0.15, -0.1) is 0 Å². The Balaban J connectivity index is 2.27. The average Bonchev–Trinajstić information content (AvgIpc) is 2.80. The van der Waals surface area contributed by atoms with Crippen LogP contribution in [0.3, 0.4) is 0 Å². The van der Waals surface area contributed by atoms with Gasteiger partial charge in [-0.25, -0.2) is 4.39 Å². The van der Waals surface area contributed by atoms with Gasteiger partial charge in [0.2, 0.25) is 0 Å². The van der Waals surface area contributed by atoms with E-state index in [1.807, 2.05) is 0 Å². The molecule has 1 amide bonds. The van der Waals surface area contributed by atoms with Gasteiger partial charge < -0.3 is 15.8 Å². The average molecular weight is 355 g/mol. The minimum absolute atomic E-state index is 0.0759. The van der Waals surface area contributed by atoms with Gasteiger partial charge in [0.05, 0.1) is 21.5 Å². The number of hydrogen-bond acceptors (Lipinski definition) is 2. The van der Waals surface area contributed by atoms with Crippen LogP contribution in [0.25, 0.3) is 10.9 Å². The van der Waals surface area contributed by atoms with Crippen molar-refractivity contribution in [3.05, 3.63) is 33.2 Å². The largest absolute Gasteiger partial charge is 0.481 e. The SMILES string of the molecule is NC(=O)c1cc(F)c(Br)c2c3c([nH]c12)CC(C(=O)O)CC3. The second-order valence-corrected chi connectivity index (χ2v) is 5.99. The molecule has 0 spiro atoms. The highest BCUT2D eigenvalue weighted by Crippen LogP contribution is 2.38. The van der Waals surface area contributed by atoms with Crippen LogP contribution in [0, 0.1) is 11.7 Å². The second kappa shape index (κ2) is 4.84. The number of nitrogens with two attached hydrogens (primary N) is 1. The van der Waals surface area contributed by atoms with Gasteiger partial charge in [0.15, 0.2) is 0 Å². The molecule has 1 aliphatic rings. The Labute approximate surface area is 127 Å². The highest BCUT2D eigenvalue weighted by Gasteiger charge is 2.29. The molecule has 0 aliphatic heterocycles. The number of aliphatic carboxylic acids is 1. The van der Waals surface area contributed by atoms with E-state index in [0.717, 1.165) is 17.3 Å². The van der Waals surface area contributed by atoms with Gasteiger partial charge in [-0.2, -0.15) is 0 Å². The molecule has 21 heavy (non-hydrogen) atoms. The third-order valence-electron chi connectivity index (χ3n) is 3.97. The number of amides is 1. The molecule has 0 fully saturated rings. The number of halogens is 2. The Hall–Kier alpha value is -1.89. The van der Waals surface area contributed by atoms with Crippen LogP contribution in [-0.4, -0.2) is 22.0 Å². The van der Waals surface area contributed by atoms with Crippen LogP contribution in [0.2, 0.25) is 0 Å². The fourth-order valence-corrected chi connectivity index (χ4v) is 3.49. The van der Waals surface area contributed by atoms with Crippen molar-refractivity contribution < 1.29 is 19.1 Å². The lowest BCUT2D eigenvalue weighted by molar-refractivity contribution is -0.142. The number of aryl methyl sites for hydroxylation is 1. The lowest BCUT2D eigenvalue weighted by atomic mass is 9.87. The number of fused-ring (bicyclic) bond motifs is 3. The van der Waals surface area contributed by atoms with Crippen LogP contribution >= 0.6 is 15.9 Å². The molecule has 2 aromatic rings. The lowest BCUT2D eigenvalue weighted by Crippen LogP contribution is -2.21. The van der Waals surface area contributed by atoms with Crippen molar-refractivity contribution in [2.45, 2.75) is 19.3 Å². The van der Waals surface area contributed by atoms with E-state index in [2.05, 4.69) is 20.9 Å². The van der Waals surface area contributed by atoms with E-state index in [0.29, 0.717) is 30.2 Å². The molecule has 1 atom stereocenters. The Bertz CT molecular complexity index is 784. The van der Waals surface area contributed by atoms with Crippen molar-refractivity contribution in [1.82, 2.24) is 4.98 Å². The molecule has 7 heteroatoms. The predicted molar refractivity (Wildman–Crippen MR) is 77.6 cm³/mol. The fourth-order valence-electron chi connectivity index (χ4n) is 2.94. The van der Waals surface area contributed by atoms with Gasteiger partial charge in [0.25, 0.3) is 5.91 Å². The van der Waals surface area contributed by atoms with Crippen LogP contribution in [0.1, 0.15) is 28.0 Å². The van der Waals surface area contributed by atoms with E-state index in [1.165, 1.54) is 0 Å². The first kappa shape index (κ1) is 14.1. The number of rotatable bonds is 2. The van der Waals surface area contributed by atoms with Crippen molar-refractivity contribution in [2.75, 3.05) is 0 Å². The molecule has 0 radical (unpaired) electrons. The third-order valence-corrected chi connectivity index (χ3v) is 4.74. The molecule has 1 heterocycles. The zero-order chi connectivity index (χ0) is 15.3. The summed E-state index contributed by atoms with van der Waals surface area (Å²) in [6.07, 6.45) is 1.35. The molecule has 110 valence electrons. The lowest BCUT2D eigenvalue weighted by Gasteiger charge is -2.18. The van der Waals surface area contributed by atoms with E-state index < -0.39 is 23.6 Å². The molecular formula is C14H12BrFN2O3. The fraction of sp³-hybridized carbons (Fsp3) is 0.286. The Morgan fingerprint density at radius 2 is 2.19 bits per heavy atom. The van der Waals surface area contributed by atoms with E-state index in [9.17, 15) is 14.0 Å². The molecule has 1 unspecified atom stereocenters. The van der Waals surface area contributed by atoms with Gasteiger partial charge in [-0.3, -0.25) is 9.59 Å². The minimum Gasteiger partial charge on any atom is -0.481 e. The number of carbonyl (C=O) groups is 2. The van der Waals surface area contributed by atoms with Crippen LogP contribution < -0.4 is 5.73 Å². The van der Waals surface area contributed by atoms with Gasteiger partial charge in [0, 0.05) is 17.5 Å². The van der Waals surface area contributed by atoms with E-state index in [-0.39, 0.29) is 10.0 Å². The minimum atomic E-state index is -0.848. The van der Waals surface area contributed by atoms with Crippen molar-refractivity contribution in [1.29, 1.82) is 0 Å². The van der Waals surface area contributed by atoms with Crippen LogP contribution in [-0.2, 0) is 17.6 Å². The zero-order valence-electron chi connectivity index (χ0n) is 10.9. The first-order valence-corrected chi connectivity index (χ1v) is 7.23. The van der Waals surface area contributed by atoms with Crippen LogP contribution in [0.5, 0.6) is 0 Å². The maximum Gasteiger partial charge on any atom is 0.306 e. The number of carboxylic acids is 1. The Morgan fingerprint density at radius 1 is 1.48 bits per heavy atom. The van der Waals surface area contributed by atoms with Crippen molar-refractivity contribution in [3.63, 3.8) is 0 Å². The summed E-state index contributed by atoms with van der Waals surface area (Å²) < 4.78 is 14.2. The summed E-state index contributed by atoms with van der Waals surface area (Å²) in [6, 6.07) is 1.09. The first-order chi connectivity index (χ1) is 9.90. The number of H-pyrrole nitrogens is 1. The quantitative estimate of drug-likeness (QED) is 0.772. The highest BCUT2D eigenvalue weighted by atomic mass is 79.9. The summed E-state index contributed by atoms with van der Waals surface area (Å²) in [7, 11) is 0. The number of aromatic nitrogens is 1. The van der Waals surface area contributed by atoms with Crippen molar-refractivity contribution in [2.24, 2.45) is 11.7 Å².